The predicted molar refractivity (Wildman–Crippen MR) is 40.4 cm³/mol. The lowest BCUT2D eigenvalue weighted by atomic mass is 10.6. The molecule has 12 heavy (non-hydrogen) atoms. The zero-order valence-corrected chi connectivity index (χ0v) is 6.68. The lowest BCUT2D eigenvalue weighted by molar-refractivity contribution is 0.358. The molecule has 1 aromatic heterocycles. The number of aromatic nitrogens is 2. The van der Waals surface area contributed by atoms with Crippen LogP contribution in [0.4, 0.5) is 5.82 Å². The predicted octanol–water partition coefficient (Wildman–Crippen LogP) is -1.23. The number of nitrogens with zero attached hydrogens (tertiary/aromatic N) is 2. The SMILES string of the molecule is Nc1ccn(P(=O)(O)O)c(=O)n1. The summed E-state index contributed by atoms with van der Waals surface area (Å²) in [6, 6.07) is 1.13. The van der Waals surface area contributed by atoms with Crippen molar-refractivity contribution in [3.63, 3.8) is 0 Å². The summed E-state index contributed by atoms with van der Waals surface area (Å²) in [5, 5.41) is 0. The second kappa shape index (κ2) is 2.71. The van der Waals surface area contributed by atoms with Gasteiger partial charge < -0.3 is 15.5 Å². The average Bonchev–Trinajstić information content (AvgIpc) is 1.83. The fraction of sp³-hybridized carbons (Fsp3) is 0. The highest BCUT2D eigenvalue weighted by molar-refractivity contribution is 7.50. The van der Waals surface area contributed by atoms with E-state index in [2.05, 4.69) is 4.98 Å². The molecule has 0 atom stereocenters. The largest absolute Gasteiger partial charge is 0.437 e. The van der Waals surface area contributed by atoms with Crippen LogP contribution in [0.3, 0.4) is 0 Å². The van der Waals surface area contributed by atoms with Gasteiger partial charge in [-0.1, -0.05) is 0 Å². The van der Waals surface area contributed by atoms with Gasteiger partial charge in [0.1, 0.15) is 5.82 Å². The van der Waals surface area contributed by atoms with Crippen LogP contribution in [0.2, 0.25) is 0 Å². The van der Waals surface area contributed by atoms with Gasteiger partial charge in [0.05, 0.1) is 0 Å². The highest BCUT2D eigenvalue weighted by Crippen LogP contribution is 2.33. The van der Waals surface area contributed by atoms with E-state index in [9.17, 15) is 9.36 Å². The van der Waals surface area contributed by atoms with Gasteiger partial charge in [0, 0.05) is 6.20 Å². The van der Waals surface area contributed by atoms with Crippen molar-refractivity contribution < 1.29 is 14.4 Å². The number of nitrogen functional groups attached to an aromatic ring is 1. The summed E-state index contributed by atoms with van der Waals surface area (Å²) in [5.74, 6) is -0.0790. The van der Waals surface area contributed by atoms with E-state index in [1.165, 1.54) is 0 Å². The molecular weight excluding hydrogens is 185 g/mol. The minimum Gasteiger partial charge on any atom is -0.383 e. The number of anilines is 1. The third kappa shape index (κ3) is 1.70. The maximum Gasteiger partial charge on any atom is 0.437 e. The smallest absolute Gasteiger partial charge is 0.383 e. The lowest BCUT2D eigenvalue weighted by Crippen LogP contribution is -2.21. The van der Waals surface area contributed by atoms with E-state index in [0.29, 0.717) is 0 Å². The molecule has 0 bridgehead atoms. The number of rotatable bonds is 1. The van der Waals surface area contributed by atoms with Gasteiger partial charge in [-0.05, 0) is 6.07 Å². The van der Waals surface area contributed by atoms with Gasteiger partial charge in [-0.3, -0.25) is 0 Å². The summed E-state index contributed by atoms with van der Waals surface area (Å²) in [5.41, 5.74) is 4.03. The Bertz CT molecular complexity index is 394. The Morgan fingerprint density at radius 3 is 2.58 bits per heavy atom. The van der Waals surface area contributed by atoms with Gasteiger partial charge in [0.2, 0.25) is 0 Å². The fourth-order valence-electron chi connectivity index (χ4n) is 0.608. The summed E-state index contributed by atoms with van der Waals surface area (Å²) in [6.07, 6.45) is 0.894. The Kier molecular flexibility index (Phi) is 2.01. The van der Waals surface area contributed by atoms with Crippen LogP contribution < -0.4 is 11.4 Å². The third-order valence-corrected chi connectivity index (χ3v) is 1.95. The van der Waals surface area contributed by atoms with E-state index < -0.39 is 13.4 Å². The topological polar surface area (TPSA) is 118 Å². The van der Waals surface area contributed by atoms with Gasteiger partial charge in [0.25, 0.3) is 0 Å². The van der Waals surface area contributed by atoms with Crippen molar-refractivity contribution >= 4 is 13.6 Å². The third-order valence-electron chi connectivity index (χ3n) is 1.09. The summed E-state index contributed by atoms with van der Waals surface area (Å²) in [4.78, 5) is 31.0. The Labute approximate surface area is 66.7 Å². The molecular formula is C4H6N3O4P. The van der Waals surface area contributed by atoms with E-state index in [-0.39, 0.29) is 10.2 Å². The highest BCUT2D eigenvalue weighted by atomic mass is 31.2. The summed E-state index contributed by atoms with van der Waals surface area (Å²) in [7, 11) is -4.59. The van der Waals surface area contributed by atoms with Crippen molar-refractivity contribution in [2.45, 2.75) is 0 Å². The molecule has 0 aliphatic rings. The Morgan fingerprint density at radius 1 is 1.58 bits per heavy atom. The van der Waals surface area contributed by atoms with Gasteiger partial charge in [0.15, 0.2) is 0 Å². The lowest BCUT2D eigenvalue weighted by Gasteiger charge is -2.04. The first-order chi connectivity index (χ1) is 5.41. The monoisotopic (exact) mass is 191 g/mol. The van der Waals surface area contributed by atoms with E-state index in [4.69, 9.17) is 15.5 Å². The van der Waals surface area contributed by atoms with Gasteiger partial charge >= 0.3 is 13.4 Å². The normalized spacial score (nSPS) is 11.5. The van der Waals surface area contributed by atoms with E-state index >= 15 is 0 Å². The first-order valence-electron chi connectivity index (χ1n) is 2.83. The van der Waals surface area contributed by atoms with Crippen molar-refractivity contribution in [2.75, 3.05) is 5.73 Å². The summed E-state index contributed by atoms with van der Waals surface area (Å²) in [6.45, 7) is 0. The average molecular weight is 191 g/mol. The maximum absolute atomic E-state index is 10.8. The number of hydrogen-bond acceptors (Lipinski definition) is 4. The van der Waals surface area contributed by atoms with Crippen molar-refractivity contribution in [2.24, 2.45) is 0 Å². The van der Waals surface area contributed by atoms with Gasteiger partial charge in [-0.25, -0.2) is 13.7 Å². The summed E-state index contributed by atoms with van der Waals surface area (Å²) >= 11 is 0. The Morgan fingerprint density at radius 2 is 2.17 bits per heavy atom. The zero-order chi connectivity index (χ0) is 9.35. The molecule has 0 saturated carbocycles. The van der Waals surface area contributed by atoms with Gasteiger partial charge in [-0.15, -0.1) is 0 Å². The molecule has 0 aliphatic heterocycles. The van der Waals surface area contributed by atoms with E-state index in [0.717, 1.165) is 12.3 Å². The van der Waals surface area contributed by atoms with Gasteiger partial charge in [-0.2, -0.15) is 4.98 Å². The standard InChI is InChI=1S/C4H6N3O4P/c5-3-1-2-7(4(8)6-3)12(9,10)11/h1-2H,(H2,5,6,8)(H2,9,10,11). The molecule has 0 amide bonds. The molecule has 1 rings (SSSR count). The van der Waals surface area contributed by atoms with Crippen LogP contribution in [-0.2, 0) is 4.57 Å². The molecule has 1 aromatic rings. The molecule has 8 heteroatoms. The molecule has 0 aromatic carbocycles. The molecule has 7 nitrogen and oxygen atoms in total. The minimum absolute atomic E-state index is 0.0790. The van der Waals surface area contributed by atoms with Crippen molar-refractivity contribution in [1.29, 1.82) is 0 Å². The Hall–Kier alpha value is -1.17. The molecule has 1 heterocycles. The number of hydrogen-bond donors (Lipinski definition) is 3. The molecule has 0 aliphatic carbocycles. The van der Waals surface area contributed by atoms with E-state index in [1.54, 1.807) is 0 Å². The summed E-state index contributed by atoms with van der Waals surface area (Å²) < 4.78 is 10.8. The van der Waals surface area contributed by atoms with Crippen LogP contribution in [0.15, 0.2) is 17.1 Å². The molecule has 4 N–H and O–H groups in total. The quantitative estimate of drug-likeness (QED) is 0.478. The molecule has 66 valence electrons. The molecule has 0 spiro atoms. The first kappa shape index (κ1) is 8.92. The van der Waals surface area contributed by atoms with Crippen LogP contribution in [0.1, 0.15) is 0 Å². The van der Waals surface area contributed by atoms with Crippen LogP contribution in [0.5, 0.6) is 0 Å². The van der Waals surface area contributed by atoms with Crippen LogP contribution in [0, 0.1) is 0 Å². The van der Waals surface area contributed by atoms with Crippen molar-refractivity contribution in [3.8, 4) is 0 Å². The molecule has 0 radical (unpaired) electrons. The molecule has 0 saturated heterocycles. The molecule has 0 fully saturated rings. The second-order valence-electron chi connectivity index (χ2n) is 1.99. The van der Waals surface area contributed by atoms with E-state index in [1.807, 2.05) is 0 Å². The highest BCUT2D eigenvalue weighted by Gasteiger charge is 2.17. The van der Waals surface area contributed by atoms with Crippen LogP contribution >= 0.6 is 7.75 Å². The fourth-order valence-corrected chi connectivity index (χ4v) is 1.12. The van der Waals surface area contributed by atoms with Crippen LogP contribution in [0.25, 0.3) is 0 Å². The second-order valence-corrected chi connectivity index (χ2v) is 3.45. The first-order valence-corrected chi connectivity index (χ1v) is 4.39. The van der Waals surface area contributed by atoms with Crippen LogP contribution in [-0.4, -0.2) is 19.1 Å². The van der Waals surface area contributed by atoms with Crippen molar-refractivity contribution in [3.05, 3.63) is 22.7 Å². The Balaban J connectivity index is 3.39. The molecule has 0 unspecified atom stereocenters. The zero-order valence-electron chi connectivity index (χ0n) is 5.78. The number of nitrogens with two attached hydrogens (primary N) is 1. The maximum atomic E-state index is 10.8. The minimum atomic E-state index is -4.59. The van der Waals surface area contributed by atoms with Crippen molar-refractivity contribution in [1.82, 2.24) is 9.32 Å².